The SMILES string of the molecule is O=C(c1cccc(-c2noc(C(F)(F)F)n2)c1)N1CCCC1c1ccc(O)cc1. The molecule has 1 fully saturated rings. The molecular formula is C20H16F3N3O3. The number of likely N-dealkylation sites (tertiary alicyclic amines) is 1. The molecule has 0 radical (unpaired) electrons. The molecule has 0 aliphatic carbocycles. The van der Waals surface area contributed by atoms with E-state index >= 15 is 0 Å². The second-order valence-corrected chi connectivity index (χ2v) is 6.75. The summed E-state index contributed by atoms with van der Waals surface area (Å²) in [5, 5.41) is 12.8. The predicted octanol–water partition coefficient (Wildman–Crippen LogP) is 4.44. The van der Waals surface area contributed by atoms with Gasteiger partial charge in [-0.1, -0.05) is 29.4 Å². The number of hydrogen-bond donors (Lipinski definition) is 1. The van der Waals surface area contributed by atoms with E-state index in [1.165, 1.54) is 12.1 Å². The van der Waals surface area contributed by atoms with Crippen LogP contribution >= 0.6 is 0 Å². The highest BCUT2D eigenvalue weighted by atomic mass is 19.4. The average molecular weight is 403 g/mol. The number of phenolic OH excluding ortho intramolecular Hbond substituents is 1. The van der Waals surface area contributed by atoms with Crippen molar-refractivity contribution < 1.29 is 27.6 Å². The fraction of sp³-hybridized carbons (Fsp3) is 0.250. The lowest BCUT2D eigenvalue weighted by Gasteiger charge is -2.25. The van der Waals surface area contributed by atoms with Gasteiger partial charge in [-0.3, -0.25) is 4.79 Å². The summed E-state index contributed by atoms with van der Waals surface area (Å²) < 4.78 is 42.3. The lowest BCUT2D eigenvalue weighted by molar-refractivity contribution is -0.159. The molecule has 0 spiro atoms. The molecule has 2 heterocycles. The minimum absolute atomic E-state index is 0.131. The van der Waals surface area contributed by atoms with Crippen LogP contribution in [0.5, 0.6) is 5.75 Å². The van der Waals surface area contributed by atoms with Crippen LogP contribution in [0.1, 0.15) is 40.7 Å². The number of aromatic hydroxyl groups is 1. The summed E-state index contributed by atoms with van der Waals surface area (Å²) in [4.78, 5) is 18.2. The van der Waals surface area contributed by atoms with Crippen molar-refractivity contribution in [2.75, 3.05) is 6.54 Å². The largest absolute Gasteiger partial charge is 0.508 e. The first-order valence-corrected chi connectivity index (χ1v) is 8.94. The summed E-state index contributed by atoms with van der Waals surface area (Å²) in [5.41, 5.74) is 1.50. The zero-order valence-corrected chi connectivity index (χ0v) is 15.1. The molecule has 6 nitrogen and oxygen atoms in total. The molecule has 1 unspecified atom stereocenters. The van der Waals surface area contributed by atoms with Gasteiger partial charge >= 0.3 is 12.1 Å². The second kappa shape index (κ2) is 7.23. The fourth-order valence-corrected chi connectivity index (χ4v) is 3.47. The van der Waals surface area contributed by atoms with Crippen LogP contribution in [-0.2, 0) is 6.18 Å². The van der Waals surface area contributed by atoms with Crippen molar-refractivity contribution in [1.82, 2.24) is 15.0 Å². The van der Waals surface area contributed by atoms with Crippen LogP contribution in [0.4, 0.5) is 13.2 Å². The summed E-state index contributed by atoms with van der Waals surface area (Å²) in [7, 11) is 0. The molecule has 1 aliphatic rings. The highest BCUT2D eigenvalue weighted by Gasteiger charge is 2.38. The van der Waals surface area contributed by atoms with Crippen molar-refractivity contribution in [1.29, 1.82) is 0 Å². The van der Waals surface area contributed by atoms with Gasteiger partial charge in [-0.15, -0.1) is 0 Å². The summed E-state index contributed by atoms with van der Waals surface area (Å²) in [6, 6.07) is 12.7. The number of carbonyl (C=O) groups excluding carboxylic acids is 1. The maximum absolute atomic E-state index is 13.1. The Morgan fingerprint density at radius 1 is 1.17 bits per heavy atom. The minimum Gasteiger partial charge on any atom is -0.508 e. The Morgan fingerprint density at radius 2 is 1.93 bits per heavy atom. The Morgan fingerprint density at radius 3 is 2.62 bits per heavy atom. The Bertz CT molecular complexity index is 1030. The van der Waals surface area contributed by atoms with Crippen LogP contribution in [0.15, 0.2) is 53.1 Å². The molecule has 2 aromatic carbocycles. The highest BCUT2D eigenvalue weighted by Crippen LogP contribution is 2.34. The van der Waals surface area contributed by atoms with Crippen LogP contribution in [0.25, 0.3) is 11.4 Å². The first kappa shape index (κ1) is 19.0. The second-order valence-electron chi connectivity index (χ2n) is 6.75. The van der Waals surface area contributed by atoms with Crippen molar-refractivity contribution in [3.63, 3.8) is 0 Å². The van der Waals surface area contributed by atoms with Crippen molar-refractivity contribution in [3.05, 3.63) is 65.5 Å². The van der Waals surface area contributed by atoms with Gasteiger partial charge in [-0.25, -0.2) is 0 Å². The van der Waals surface area contributed by atoms with Crippen molar-refractivity contribution in [2.24, 2.45) is 0 Å². The van der Waals surface area contributed by atoms with Gasteiger partial charge in [0, 0.05) is 17.7 Å². The van der Waals surface area contributed by atoms with Crippen LogP contribution < -0.4 is 0 Å². The molecule has 150 valence electrons. The predicted molar refractivity (Wildman–Crippen MR) is 95.9 cm³/mol. The van der Waals surface area contributed by atoms with E-state index in [0.29, 0.717) is 12.1 Å². The normalized spacial score (nSPS) is 16.9. The summed E-state index contributed by atoms with van der Waals surface area (Å²) in [5.74, 6) is -1.75. The molecule has 0 saturated carbocycles. The smallest absolute Gasteiger partial charge is 0.471 e. The number of phenols is 1. The van der Waals surface area contributed by atoms with Gasteiger partial charge in [0.25, 0.3) is 5.91 Å². The van der Waals surface area contributed by atoms with E-state index in [0.717, 1.165) is 18.4 Å². The zero-order valence-electron chi connectivity index (χ0n) is 15.1. The van der Waals surface area contributed by atoms with Crippen molar-refractivity contribution >= 4 is 5.91 Å². The molecule has 29 heavy (non-hydrogen) atoms. The third-order valence-corrected chi connectivity index (χ3v) is 4.83. The lowest BCUT2D eigenvalue weighted by atomic mass is 10.0. The van der Waals surface area contributed by atoms with Gasteiger partial charge in [0.05, 0.1) is 6.04 Å². The number of nitrogens with zero attached hydrogens (tertiary/aromatic N) is 3. The molecule has 1 aromatic heterocycles. The van der Waals surface area contributed by atoms with Crippen LogP contribution in [-0.4, -0.2) is 32.6 Å². The summed E-state index contributed by atoms with van der Waals surface area (Å²) in [6.45, 7) is 0.565. The van der Waals surface area contributed by atoms with Gasteiger partial charge in [-0.2, -0.15) is 18.2 Å². The van der Waals surface area contributed by atoms with E-state index in [1.54, 1.807) is 41.3 Å². The van der Waals surface area contributed by atoms with Crippen LogP contribution in [0.2, 0.25) is 0 Å². The van der Waals surface area contributed by atoms with Gasteiger partial charge in [0.2, 0.25) is 5.82 Å². The standard InChI is InChI=1S/C20H16F3N3O3/c21-20(22,23)19-24-17(25-29-19)13-3-1-4-14(11-13)18(28)26-10-2-5-16(26)12-6-8-15(27)9-7-12/h1,3-4,6-9,11,16,27H,2,5,10H2. The number of hydrogen-bond acceptors (Lipinski definition) is 5. The lowest BCUT2D eigenvalue weighted by Crippen LogP contribution is -2.30. The molecule has 0 bridgehead atoms. The molecule has 1 N–H and O–H groups in total. The number of aromatic nitrogens is 2. The van der Waals surface area contributed by atoms with E-state index in [4.69, 9.17) is 0 Å². The number of amides is 1. The molecule has 9 heteroatoms. The first-order chi connectivity index (χ1) is 13.8. The van der Waals surface area contributed by atoms with E-state index in [2.05, 4.69) is 14.7 Å². The van der Waals surface area contributed by atoms with Gasteiger partial charge < -0.3 is 14.5 Å². The van der Waals surface area contributed by atoms with E-state index in [1.807, 2.05) is 0 Å². The number of carbonyl (C=O) groups is 1. The van der Waals surface area contributed by atoms with Crippen molar-refractivity contribution in [2.45, 2.75) is 25.1 Å². The third-order valence-electron chi connectivity index (χ3n) is 4.83. The Kier molecular flexibility index (Phi) is 4.73. The summed E-state index contributed by atoms with van der Waals surface area (Å²) >= 11 is 0. The highest BCUT2D eigenvalue weighted by molar-refractivity contribution is 5.95. The maximum Gasteiger partial charge on any atom is 0.471 e. The first-order valence-electron chi connectivity index (χ1n) is 8.94. The molecule has 1 amide bonds. The number of rotatable bonds is 3. The van der Waals surface area contributed by atoms with Gasteiger partial charge in [-0.05, 0) is 42.7 Å². The monoisotopic (exact) mass is 403 g/mol. The average Bonchev–Trinajstić information content (AvgIpc) is 3.38. The Hall–Kier alpha value is -3.36. The van der Waals surface area contributed by atoms with E-state index in [9.17, 15) is 23.1 Å². The zero-order chi connectivity index (χ0) is 20.6. The van der Waals surface area contributed by atoms with Crippen molar-refractivity contribution in [3.8, 4) is 17.1 Å². The van der Waals surface area contributed by atoms with E-state index < -0.39 is 12.1 Å². The molecule has 3 aromatic rings. The van der Waals surface area contributed by atoms with E-state index in [-0.39, 0.29) is 29.1 Å². The van der Waals surface area contributed by atoms with Gasteiger partial charge in [0.15, 0.2) is 0 Å². The van der Waals surface area contributed by atoms with Gasteiger partial charge in [0.1, 0.15) is 5.75 Å². The molecular weight excluding hydrogens is 387 g/mol. The molecule has 1 saturated heterocycles. The quantitative estimate of drug-likeness (QED) is 0.700. The minimum atomic E-state index is -4.73. The molecule has 4 rings (SSSR count). The number of benzene rings is 2. The molecule has 1 aliphatic heterocycles. The Labute approximate surface area is 163 Å². The molecule has 1 atom stereocenters. The van der Waals surface area contributed by atoms with Crippen LogP contribution in [0.3, 0.4) is 0 Å². The topological polar surface area (TPSA) is 79.5 Å². The Balaban J connectivity index is 1.60. The summed E-state index contributed by atoms with van der Waals surface area (Å²) in [6.07, 6.45) is -3.11. The number of alkyl halides is 3. The third kappa shape index (κ3) is 3.80. The number of halogens is 3. The fourth-order valence-electron chi connectivity index (χ4n) is 3.47. The van der Waals surface area contributed by atoms with Crippen LogP contribution in [0, 0.1) is 0 Å². The maximum atomic E-state index is 13.1.